The van der Waals surface area contributed by atoms with Gasteiger partial charge in [-0.2, -0.15) is 0 Å². The topological polar surface area (TPSA) is 175 Å². The Labute approximate surface area is 504 Å². The third-order valence-corrected chi connectivity index (χ3v) is 16.5. The minimum Gasteiger partial charge on any atom is -0.454 e. The van der Waals surface area contributed by atoms with E-state index in [1.165, 1.54) is 193 Å². The highest BCUT2D eigenvalue weighted by molar-refractivity contribution is 5.80. The number of carbonyl (C=O) groups is 2. The smallest absolute Gasteiger partial charge is 0.306 e. The molecule has 11 heteroatoms. The van der Waals surface area contributed by atoms with E-state index in [4.69, 9.17) is 14.2 Å². The lowest BCUT2D eigenvalue weighted by atomic mass is 9.99. The summed E-state index contributed by atoms with van der Waals surface area (Å²) in [5, 5.41) is 57.1. The van der Waals surface area contributed by atoms with Crippen molar-refractivity contribution >= 4 is 11.9 Å². The quantitative estimate of drug-likeness (QED) is 0.0195. The van der Waals surface area contributed by atoms with Crippen molar-refractivity contribution in [2.45, 2.75) is 378 Å². The fourth-order valence-corrected chi connectivity index (χ4v) is 11.0. The molecule has 1 amide bonds. The van der Waals surface area contributed by atoms with Gasteiger partial charge in [-0.15, -0.1) is 0 Å². The predicted molar refractivity (Wildman–Crippen MR) is 343 cm³/mol. The zero-order chi connectivity index (χ0) is 59.6. The Bertz CT molecular complexity index is 1520. The summed E-state index contributed by atoms with van der Waals surface area (Å²) in [5.41, 5.74) is 0. The van der Waals surface area contributed by atoms with Gasteiger partial charge in [0.2, 0.25) is 5.91 Å². The van der Waals surface area contributed by atoms with Gasteiger partial charge in [0, 0.05) is 6.42 Å². The third-order valence-electron chi connectivity index (χ3n) is 16.5. The first-order valence-corrected chi connectivity index (χ1v) is 34.9. The van der Waals surface area contributed by atoms with Gasteiger partial charge in [-0.1, -0.05) is 294 Å². The third kappa shape index (κ3) is 45.9. The molecule has 0 spiro atoms. The molecule has 0 saturated carbocycles. The second-order valence-electron chi connectivity index (χ2n) is 24.2. The Balaban J connectivity index is 2.53. The molecule has 1 heterocycles. The molecule has 0 radical (unpaired) electrons. The Morgan fingerprint density at radius 3 is 1.32 bits per heavy atom. The summed E-state index contributed by atoms with van der Waals surface area (Å²) in [6.07, 6.45) is 63.1. The van der Waals surface area contributed by atoms with Crippen molar-refractivity contribution in [1.82, 2.24) is 5.32 Å². The van der Waals surface area contributed by atoms with Crippen molar-refractivity contribution in [1.29, 1.82) is 0 Å². The highest BCUT2D eigenvalue weighted by Crippen LogP contribution is 2.26. The van der Waals surface area contributed by atoms with Crippen molar-refractivity contribution in [3.05, 3.63) is 48.6 Å². The van der Waals surface area contributed by atoms with Crippen LogP contribution in [-0.4, -0.2) is 99.6 Å². The summed E-state index contributed by atoms with van der Waals surface area (Å²) in [5.74, 6) is -1.19. The van der Waals surface area contributed by atoms with Crippen LogP contribution in [0.5, 0.6) is 0 Å². The molecule has 1 saturated heterocycles. The molecule has 8 atom stereocenters. The lowest BCUT2D eigenvalue weighted by Crippen LogP contribution is -2.61. The number of rotatable bonds is 60. The zero-order valence-corrected chi connectivity index (χ0v) is 53.4. The van der Waals surface area contributed by atoms with Gasteiger partial charge in [-0.05, 0) is 77.0 Å². The molecule has 0 aliphatic carbocycles. The maximum Gasteiger partial charge on any atom is 0.306 e. The monoisotopic (exact) mass is 1160 g/mol. The second-order valence-corrected chi connectivity index (χ2v) is 24.2. The molecule has 480 valence electrons. The standard InChI is InChI=1S/C71H131NO10/c1-4-7-10-13-16-19-22-25-26-27-28-29-30-31-32-33-34-35-36-37-38-41-44-47-50-53-56-59-66(76)82-69-68(78)67(77)65(60-73)81-71(69)80-61-62(63(74)57-54-51-48-45-42-39-23-20-17-14-11-8-5-2)72-70(79)64(75)58-55-52-49-46-43-40-24-21-18-15-12-9-6-3/h9,12,18,21,25-26,54,57,62-65,67-69,71,73-75,77-78H,4-8,10-11,13-17,19-20,22-24,27-53,55-56,58-61H2,1-3H3,(H,72,79)/b12-9+,21-18+,26-25+,57-54+. The zero-order valence-electron chi connectivity index (χ0n) is 53.4. The minimum absolute atomic E-state index is 0.126. The Morgan fingerprint density at radius 1 is 0.488 bits per heavy atom. The van der Waals surface area contributed by atoms with Crippen LogP contribution in [0.3, 0.4) is 0 Å². The molecule has 0 aromatic heterocycles. The van der Waals surface area contributed by atoms with Crippen LogP contribution in [0, 0.1) is 0 Å². The average Bonchev–Trinajstić information content (AvgIpc) is 3.45. The molecule has 11 nitrogen and oxygen atoms in total. The SMILES string of the molecule is CC/C=C/C/C=C/CCCCCCCCC(O)C(=O)NC(COC1OC(CO)C(O)C(O)C1OC(=O)CCCCCCCCCCCCCCCCCCC/C=C/CCCCCCCC)C(O)/C=C/CCCCCCCCCCCCC. The predicted octanol–water partition coefficient (Wildman–Crippen LogP) is 17.6. The van der Waals surface area contributed by atoms with Crippen LogP contribution in [0.4, 0.5) is 0 Å². The van der Waals surface area contributed by atoms with Crippen molar-refractivity contribution < 1.29 is 49.3 Å². The number of aliphatic hydroxyl groups excluding tert-OH is 5. The average molecular weight is 1160 g/mol. The number of unbranched alkanes of at least 4 members (excludes halogenated alkanes) is 40. The maximum atomic E-state index is 13.4. The molecule has 1 fully saturated rings. The molecular weight excluding hydrogens is 1030 g/mol. The number of allylic oxidation sites excluding steroid dienone is 7. The second kappa shape index (κ2) is 59.0. The van der Waals surface area contributed by atoms with Crippen LogP contribution in [-0.2, 0) is 23.8 Å². The molecule has 8 unspecified atom stereocenters. The lowest BCUT2D eigenvalue weighted by molar-refractivity contribution is -0.305. The van der Waals surface area contributed by atoms with Gasteiger partial charge in [-0.3, -0.25) is 9.59 Å². The Kier molecular flexibility index (Phi) is 55.8. The summed E-state index contributed by atoms with van der Waals surface area (Å²) in [6.45, 7) is 5.71. The molecule has 82 heavy (non-hydrogen) atoms. The Hall–Kier alpha value is -2.38. The lowest BCUT2D eigenvalue weighted by Gasteiger charge is -2.41. The molecule has 0 bridgehead atoms. The maximum absolute atomic E-state index is 13.4. The summed E-state index contributed by atoms with van der Waals surface area (Å²) in [4.78, 5) is 26.6. The molecular formula is C71H131NO10. The number of ether oxygens (including phenoxy) is 3. The number of amides is 1. The first-order valence-electron chi connectivity index (χ1n) is 34.9. The fraction of sp³-hybridized carbons (Fsp3) is 0.859. The number of hydrogen-bond acceptors (Lipinski definition) is 10. The molecule has 1 rings (SSSR count). The molecule has 1 aliphatic heterocycles. The van der Waals surface area contributed by atoms with Crippen LogP contribution in [0.1, 0.15) is 329 Å². The van der Waals surface area contributed by atoms with E-state index >= 15 is 0 Å². The first kappa shape index (κ1) is 77.6. The number of esters is 1. The van der Waals surface area contributed by atoms with Gasteiger partial charge in [0.1, 0.15) is 24.4 Å². The molecule has 0 aromatic rings. The highest BCUT2D eigenvalue weighted by atomic mass is 16.7. The van der Waals surface area contributed by atoms with E-state index in [2.05, 4.69) is 62.5 Å². The summed E-state index contributed by atoms with van der Waals surface area (Å²) >= 11 is 0. The first-order chi connectivity index (χ1) is 40.2. The van der Waals surface area contributed by atoms with E-state index in [0.29, 0.717) is 12.8 Å². The van der Waals surface area contributed by atoms with Crippen molar-refractivity contribution in [2.75, 3.05) is 13.2 Å². The van der Waals surface area contributed by atoms with Gasteiger partial charge in [0.05, 0.1) is 25.4 Å². The van der Waals surface area contributed by atoms with Crippen LogP contribution < -0.4 is 5.32 Å². The molecule has 0 aromatic carbocycles. The van der Waals surface area contributed by atoms with E-state index in [-0.39, 0.29) is 19.4 Å². The number of nitrogens with one attached hydrogen (secondary N) is 1. The fourth-order valence-electron chi connectivity index (χ4n) is 11.0. The van der Waals surface area contributed by atoms with Gasteiger partial charge in [0.15, 0.2) is 12.4 Å². The van der Waals surface area contributed by atoms with Gasteiger partial charge >= 0.3 is 5.97 Å². The largest absolute Gasteiger partial charge is 0.454 e. The molecule has 6 N–H and O–H groups in total. The van der Waals surface area contributed by atoms with E-state index in [9.17, 15) is 35.1 Å². The number of aliphatic hydroxyl groups is 5. The minimum atomic E-state index is -1.61. The highest BCUT2D eigenvalue weighted by Gasteiger charge is 2.47. The van der Waals surface area contributed by atoms with E-state index in [1.54, 1.807) is 6.08 Å². The number of carbonyl (C=O) groups excluding carboxylic acids is 2. The molecule has 1 aliphatic rings. The van der Waals surface area contributed by atoms with E-state index < -0.39 is 67.4 Å². The van der Waals surface area contributed by atoms with Gasteiger partial charge < -0.3 is 45.1 Å². The van der Waals surface area contributed by atoms with Crippen LogP contribution in [0.15, 0.2) is 48.6 Å². The summed E-state index contributed by atoms with van der Waals surface area (Å²) in [7, 11) is 0. The van der Waals surface area contributed by atoms with Crippen LogP contribution in [0.25, 0.3) is 0 Å². The van der Waals surface area contributed by atoms with Crippen LogP contribution in [0.2, 0.25) is 0 Å². The van der Waals surface area contributed by atoms with Crippen LogP contribution >= 0.6 is 0 Å². The normalized spacial score (nSPS) is 18.9. The summed E-state index contributed by atoms with van der Waals surface area (Å²) in [6, 6.07) is -1.03. The van der Waals surface area contributed by atoms with Crippen molar-refractivity contribution in [3.63, 3.8) is 0 Å². The van der Waals surface area contributed by atoms with Gasteiger partial charge in [-0.25, -0.2) is 0 Å². The number of hydrogen-bond donors (Lipinski definition) is 6. The van der Waals surface area contributed by atoms with E-state index in [0.717, 1.165) is 89.9 Å². The Morgan fingerprint density at radius 2 is 0.878 bits per heavy atom. The van der Waals surface area contributed by atoms with Crippen molar-refractivity contribution in [3.8, 4) is 0 Å². The van der Waals surface area contributed by atoms with Gasteiger partial charge in [0.25, 0.3) is 0 Å². The summed E-state index contributed by atoms with van der Waals surface area (Å²) < 4.78 is 17.7. The van der Waals surface area contributed by atoms with E-state index in [1.807, 2.05) is 6.08 Å². The van der Waals surface area contributed by atoms with Crippen molar-refractivity contribution in [2.24, 2.45) is 0 Å².